The number of rotatable bonds is 4. The van der Waals surface area contributed by atoms with E-state index in [1.165, 1.54) is 0 Å². The average molecular weight is 265 g/mol. The van der Waals surface area contributed by atoms with Gasteiger partial charge in [0.05, 0.1) is 12.4 Å². The number of hydrogen-bond acceptors (Lipinski definition) is 3. The van der Waals surface area contributed by atoms with Crippen LogP contribution in [0.2, 0.25) is 0 Å². The fraction of sp³-hybridized carbons (Fsp3) is 0.500. The smallest absolute Gasteiger partial charge is 0.235 e. The third-order valence-corrected chi connectivity index (χ3v) is 4.75. The molecular formula is C14H19NO2S. The van der Waals surface area contributed by atoms with E-state index in [1.54, 1.807) is 18.9 Å². The summed E-state index contributed by atoms with van der Waals surface area (Å²) < 4.78 is 5.37. The van der Waals surface area contributed by atoms with Gasteiger partial charge in [-0.3, -0.25) is 4.79 Å². The second-order valence-corrected chi connectivity index (χ2v) is 6.11. The lowest BCUT2D eigenvalue weighted by Crippen LogP contribution is -2.24. The van der Waals surface area contributed by atoms with Crippen LogP contribution < -0.4 is 4.74 Å². The number of carbonyl (C=O) groups excluding carboxylic acids is 1. The van der Waals surface area contributed by atoms with Gasteiger partial charge >= 0.3 is 0 Å². The number of benzene rings is 1. The van der Waals surface area contributed by atoms with Crippen molar-refractivity contribution >= 4 is 17.7 Å². The minimum atomic E-state index is 0.0925. The molecule has 1 aliphatic rings. The zero-order valence-electron chi connectivity index (χ0n) is 11.1. The normalized spacial score (nSPS) is 21.2. The van der Waals surface area contributed by atoms with Gasteiger partial charge in [0.15, 0.2) is 0 Å². The number of para-hydroxylation sites is 1. The molecule has 1 fully saturated rings. The Hall–Kier alpha value is -1.16. The molecular weight excluding hydrogens is 246 g/mol. The van der Waals surface area contributed by atoms with Gasteiger partial charge in [-0.25, -0.2) is 0 Å². The molecule has 98 valence electrons. The largest absolute Gasteiger partial charge is 0.496 e. The van der Waals surface area contributed by atoms with Gasteiger partial charge in [0.2, 0.25) is 5.91 Å². The highest BCUT2D eigenvalue weighted by Crippen LogP contribution is 2.39. The molecule has 0 unspecified atom stereocenters. The van der Waals surface area contributed by atoms with E-state index in [-0.39, 0.29) is 16.4 Å². The van der Waals surface area contributed by atoms with Crippen molar-refractivity contribution in [2.45, 2.75) is 23.8 Å². The maximum atomic E-state index is 11.9. The van der Waals surface area contributed by atoms with Crippen molar-refractivity contribution in [3.05, 3.63) is 29.8 Å². The van der Waals surface area contributed by atoms with Crippen molar-refractivity contribution < 1.29 is 9.53 Å². The van der Waals surface area contributed by atoms with Gasteiger partial charge in [-0.2, -0.15) is 0 Å². The Morgan fingerprint density at radius 1 is 1.44 bits per heavy atom. The monoisotopic (exact) mass is 265 g/mol. The summed E-state index contributed by atoms with van der Waals surface area (Å²) in [7, 11) is 3.56. The van der Waals surface area contributed by atoms with E-state index in [0.717, 1.165) is 24.3 Å². The molecule has 1 saturated heterocycles. The van der Waals surface area contributed by atoms with E-state index in [9.17, 15) is 4.79 Å². The number of likely N-dealkylation sites (tertiary alicyclic amines) is 1. The predicted molar refractivity (Wildman–Crippen MR) is 75.0 cm³/mol. The van der Waals surface area contributed by atoms with E-state index < -0.39 is 0 Å². The van der Waals surface area contributed by atoms with E-state index in [2.05, 4.69) is 13.0 Å². The van der Waals surface area contributed by atoms with Crippen LogP contribution in [0.25, 0.3) is 0 Å². The number of amides is 1. The van der Waals surface area contributed by atoms with Crippen LogP contribution in [0, 0.1) is 0 Å². The molecule has 1 aromatic rings. The lowest BCUT2D eigenvalue weighted by Gasteiger charge is -2.18. The van der Waals surface area contributed by atoms with E-state index >= 15 is 0 Å². The van der Waals surface area contributed by atoms with Gasteiger partial charge in [-0.1, -0.05) is 18.2 Å². The maximum absolute atomic E-state index is 11.9. The molecule has 3 nitrogen and oxygen atoms in total. The van der Waals surface area contributed by atoms with Crippen molar-refractivity contribution in [3.8, 4) is 5.75 Å². The van der Waals surface area contributed by atoms with Crippen LogP contribution in [-0.2, 0) is 4.79 Å². The first-order valence-corrected chi connectivity index (χ1v) is 7.11. The van der Waals surface area contributed by atoms with Crippen molar-refractivity contribution in [2.24, 2.45) is 0 Å². The highest BCUT2D eigenvalue weighted by Gasteiger charge is 2.31. The lowest BCUT2D eigenvalue weighted by atomic mass is 10.1. The van der Waals surface area contributed by atoms with E-state index in [4.69, 9.17) is 4.74 Å². The van der Waals surface area contributed by atoms with Crippen molar-refractivity contribution in [1.82, 2.24) is 4.90 Å². The van der Waals surface area contributed by atoms with Crippen molar-refractivity contribution in [1.29, 1.82) is 0 Å². The summed E-state index contributed by atoms with van der Waals surface area (Å²) in [5.41, 5.74) is 1.16. The number of hydrogen-bond donors (Lipinski definition) is 0. The zero-order valence-corrected chi connectivity index (χ0v) is 11.9. The second-order valence-electron chi connectivity index (χ2n) is 4.56. The first-order valence-electron chi connectivity index (χ1n) is 6.17. The fourth-order valence-electron chi connectivity index (χ4n) is 2.24. The Bertz CT molecular complexity index is 436. The fourth-order valence-corrected chi connectivity index (χ4v) is 3.61. The summed E-state index contributed by atoms with van der Waals surface area (Å²) >= 11 is 1.73. The Labute approximate surface area is 113 Å². The summed E-state index contributed by atoms with van der Waals surface area (Å²) in [6, 6.07) is 8.01. The van der Waals surface area contributed by atoms with Crippen molar-refractivity contribution in [2.75, 3.05) is 20.7 Å². The van der Waals surface area contributed by atoms with Crippen LogP contribution in [0.3, 0.4) is 0 Å². The number of thioether (sulfide) groups is 1. The van der Waals surface area contributed by atoms with Gasteiger partial charge in [-0.05, 0) is 19.4 Å². The van der Waals surface area contributed by atoms with Crippen molar-refractivity contribution in [3.63, 3.8) is 0 Å². The summed E-state index contributed by atoms with van der Waals surface area (Å²) in [6.07, 6.45) is 0.944. The van der Waals surface area contributed by atoms with E-state index in [0.29, 0.717) is 0 Å². The van der Waals surface area contributed by atoms with Crippen LogP contribution in [0.1, 0.15) is 24.2 Å². The molecule has 1 aromatic carbocycles. The quantitative estimate of drug-likeness (QED) is 0.838. The third kappa shape index (κ3) is 2.64. The number of carbonyl (C=O) groups is 1. The molecule has 18 heavy (non-hydrogen) atoms. The van der Waals surface area contributed by atoms with Crippen LogP contribution in [-0.4, -0.2) is 36.8 Å². The van der Waals surface area contributed by atoms with Gasteiger partial charge < -0.3 is 9.64 Å². The molecule has 0 radical (unpaired) electrons. The van der Waals surface area contributed by atoms with Crippen LogP contribution in [0.15, 0.2) is 24.3 Å². The highest BCUT2D eigenvalue weighted by molar-refractivity contribution is 8.00. The minimum Gasteiger partial charge on any atom is -0.496 e. The molecule has 2 atom stereocenters. The summed E-state index contributed by atoms with van der Waals surface area (Å²) in [6.45, 7) is 3.00. The molecule has 0 aliphatic carbocycles. The second kappa shape index (κ2) is 5.65. The zero-order chi connectivity index (χ0) is 13.1. The van der Waals surface area contributed by atoms with Gasteiger partial charge in [0.25, 0.3) is 0 Å². The molecule has 0 saturated carbocycles. The molecule has 0 N–H and O–H groups in total. The Balaban J connectivity index is 2.08. The molecule has 1 heterocycles. The first-order chi connectivity index (χ1) is 8.63. The molecule has 0 bridgehead atoms. The maximum Gasteiger partial charge on any atom is 0.235 e. The topological polar surface area (TPSA) is 29.5 Å². The Morgan fingerprint density at radius 3 is 2.78 bits per heavy atom. The third-order valence-electron chi connectivity index (χ3n) is 3.32. The first kappa shape index (κ1) is 13.3. The molecule has 1 amide bonds. The predicted octanol–water partition coefficient (Wildman–Crippen LogP) is 2.72. The molecule has 2 rings (SSSR count). The summed E-state index contributed by atoms with van der Waals surface area (Å²) in [4.78, 5) is 13.7. The van der Waals surface area contributed by atoms with Crippen LogP contribution in [0.5, 0.6) is 5.75 Å². The Morgan fingerprint density at radius 2 is 2.17 bits per heavy atom. The number of methoxy groups -OCH3 is 1. The summed E-state index contributed by atoms with van der Waals surface area (Å²) in [5, 5.41) is 0.358. The summed E-state index contributed by atoms with van der Waals surface area (Å²) in [5.74, 6) is 1.15. The average Bonchev–Trinajstić information content (AvgIpc) is 2.70. The SMILES string of the molecule is COc1ccccc1[C@H](C)S[C@H]1CCN(C)C1=O. The van der Waals surface area contributed by atoms with Crippen LogP contribution in [0.4, 0.5) is 0 Å². The van der Waals surface area contributed by atoms with Gasteiger partial charge in [-0.15, -0.1) is 11.8 Å². The number of nitrogens with zero attached hydrogens (tertiary/aromatic N) is 1. The molecule has 0 spiro atoms. The standard InChI is InChI=1S/C14H19NO2S/c1-10(11-6-4-5-7-12(11)17-3)18-13-8-9-15(2)14(13)16/h4-7,10,13H,8-9H2,1-3H3/t10-,13-/m0/s1. The lowest BCUT2D eigenvalue weighted by molar-refractivity contribution is -0.126. The van der Waals surface area contributed by atoms with E-state index in [1.807, 2.05) is 30.1 Å². The highest BCUT2D eigenvalue weighted by atomic mass is 32.2. The Kier molecular flexibility index (Phi) is 4.17. The van der Waals surface area contributed by atoms with Gasteiger partial charge in [0.1, 0.15) is 5.75 Å². The molecule has 4 heteroatoms. The number of ether oxygens (including phenoxy) is 1. The van der Waals surface area contributed by atoms with Crippen LogP contribution >= 0.6 is 11.8 Å². The molecule has 0 aromatic heterocycles. The molecule has 1 aliphatic heterocycles. The minimum absolute atomic E-state index is 0.0925. The van der Waals surface area contributed by atoms with Gasteiger partial charge in [0, 0.05) is 24.4 Å².